The molecule has 0 aromatic carbocycles. The summed E-state index contributed by atoms with van der Waals surface area (Å²) in [5, 5.41) is 0. The minimum Gasteiger partial charge on any atom is -0.462 e. The monoisotopic (exact) mass is 502 g/mol. The summed E-state index contributed by atoms with van der Waals surface area (Å²) in [7, 11) is 0. The Morgan fingerprint density at radius 1 is 0.944 bits per heavy atom. The van der Waals surface area contributed by atoms with Gasteiger partial charge in [0, 0.05) is 50.9 Å². The first-order valence-corrected chi connectivity index (χ1v) is 13.3. The second kappa shape index (κ2) is 8.59. The number of rotatable bonds is 3. The molecule has 0 radical (unpaired) electrons. The van der Waals surface area contributed by atoms with Crippen LogP contribution >= 0.6 is 0 Å². The van der Waals surface area contributed by atoms with Crippen LogP contribution in [0.5, 0.6) is 0 Å². The lowest BCUT2D eigenvalue weighted by Gasteiger charge is -2.62. The largest absolute Gasteiger partial charge is 0.462 e. The van der Waals surface area contributed by atoms with Crippen molar-refractivity contribution in [3.05, 3.63) is 11.6 Å². The van der Waals surface area contributed by atoms with Gasteiger partial charge in [0.05, 0.1) is 0 Å². The topological polar surface area (TPSA) is 105 Å². The van der Waals surface area contributed by atoms with Crippen molar-refractivity contribution >= 4 is 23.9 Å². The van der Waals surface area contributed by atoms with E-state index in [1.807, 2.05) is 0 Å². The minimum absolute atomic E-state index is 0.0608. The second-order valence-corrected chi connectivity index (χ2v) is 12.1. The highest BCUT2D eigenvalue weighted by Gasteiger charge is 2.71. The van der Waals surface area contributed by atoms with E-state index >= 15 is 0 Å². The van der Waals surface area contributed by atoms with Crippen LogP contribution in [0.4, 0.5) is 0 Å². The molecule has 1 spiro atoms. The molecule has 1 saturated heterocycles. The summed E-state index contributed by atoms with van der Waals surface area (Å²) in [5.74, 6) is -1.16. The van der Waals surface area contributed by atoms with Gasteiger partial charge in [0.2, 0.25) is 0 Å². The average Bonchev–Trinajstić information content (AvgIpc) is 3.27. The van der Waals surface area contributed by atoms with E-state index in [9.17, 15) is 19.2 Å². The van der Waals surface area contributed by atoms with E-state index in [0.29, 0.717) is 25.7 Å². The highest BCUT2D eigenvalue weighted by atomic mass is 16.6. The summed E-state index contributed by atoms with van der Waals surface area (Å²) in [6.45, 7) is 8.69. The number of carbonyl (C=O) groups is 4. The molecule has 0 N–H and O–H groups in total. The molecule has 9 atom stereocenters. The maximum atomic E-state index is 12.4. The van der Waals surface area contributed by atoms with Gasteiger partial charge in [-0.3, -0.25) is 19.2 Å². The van der Waals surface area contributed by atoms with Crippen molar-refractivity contribution in [1.29, 1.82) is 0 Å². The first-order valence-electron chi connectivity index (χ1n) is 13.3. The van der Waals surface area contributed by atoms with Crippen molar-refractivity contribution in [2.45, 2.75) is 110 Å². The summed E-state index contributed by atoms with van der Waals surface area (Å²) in [6, 6.07) is 0. The Labute approximate surface area is 212 Å². The van der Waals surface area contributed by atoms with Crippen LogP contribution in [0.2, 0.25) is 0 Å². The predicted octanol–water partition coefficient (Wildman–Crippen LogP) is 4.04. The van der Waals surface area contributed by atoms with Crippen LogP contribution in [0.15, 0.2) is 11.6 Å². The van der Waals surface area contributed by atoms with Gasteiger partial charge in [0.15, 0.2) is 0 Å². The van der Waals surface area contributed by atoms with E-state index in [4.69, 9.17) is 18.9 Å². The Bertz CT molecular complexity index is 1020. The zero-order chi connectivity index (χ0) is 26.0. The summed E-state index contributed by atoms with van der Waals surface area (Å²) in [5.41, 5.74) is -0.151. The van der Waals surface area contributed by atoms with Crippen molar-refractivity contribution in [1.82, 2.24) is 0 Å². The summed E-state index contributed by atoms with van der Waals surface area (Å²) in [6.07, 6.45) is 6.38. The van der Waals surface area contributed by atoms with Crippen molar-refractivity contribution in [3.8, 4) is 0 Å². The van der Waals surface area contributed by atoms with Crippen LogP contribution in [0.1, 0.15) is 86.0 Å². The number of hydrogen-bond acceptors (Lipinski definition) is 8. The molecule has 8 heteroatoms. The van der Waals surface area contributed by atoms with Gasteiger partial charge < -0.3 is 18.9 Å². The van der Waals surface area contributed by atoms with E-state index < -0.39 is 23.2 Å². The molecule has 1 aliphatic heterocycles. The molecule has 0 bridgehead atoms. The number of ether oxygens (including phenoxy) is 4. The molecule has 8 nitrogen and oxygen atoms in total. The smallest absolute Gasteiger partial charge is 0.306 e. The fourth-order valence-electron chi connectivity index (χ4n) is 8.92. The lowest BCUT2D eigenvalue weighted by molar-refractivity contribution is -0.209. The molecular formula is C28H38O8. The van der Waals surface area contributed by atoms with Crippen LogP contribution < -0.4 is 0 Å². The van der Waals surface area contributed by atoms with Crippen LogP contribution in [0.3, 0.4) is 0 Å². The Hall–Kier alpha value is -2.38. The van der Waals surface area contributed by atoms with E-state index in [2.05, 4.69) is 19.9 Å². The van der Waals surface area contributed by atoms with Gasteiger partial charge in [-0.05, 0) is 55.9 Å². The Morgan fingerprint density at radius 3 is 2.25 bits per heavy atom. The van der Waals surface area contributed by atoms with Crippen LogP contribution in [-0.4, -0.2) is 47.8 Å². The molecule has 36 heavy (non-hydrogen) atoms. The van der Waals surface area contributed by atoms with Gasteiger partial charge in [-0.25, -0.2) is 0 Å². The first-order chi connectivity index (χ1) is 16.9. The minimum atomic E-state index is -0.573. The van der Waals surface area contributed by atoms with Gasteiger partial charge in [0.1, 0.15) is 23.9 Å². The summed E-state index contributed by atoms with van der Waals surface area (Å²) >= 11 is 0. The van der Waals surface area contributed by atoms with Crippen molar-refractivity contribution in [2.75, 3.05) is 0 Å². The van der Waals surface area contributed by atoms with Crippen LogP contribution in [-0.2, 0) is 38.1 Å². The predicted molar refractivity (Wildman–Crippen MR) is 127 cm³/mol. The van der Waals surface area contributed by atoms with Crippen LogP contribution in [0, 0.1) is 28.6 Å². The maximum Gasteiger partial charge on any atom is 0.306 e. The quantitative estimate of drug-likeness (QED) is 0.323. The van der Waals surface area contributed by atoms with E-state index in [1.165, 1.54) is 20.8 Å². The molecule has 198 valence electrons. The molecule has 1 heterocycles. The molecule has 4 aliphatic carbocycles. The van der Waals surface area contributed by atoms with E-state index in [1.54, 1.807) is 0 Å². The van der Waals surface area contributed by atoms with Gasteiger partial charge >= 0.3 is 23.9 Å². The molecule has 3 saturated carbocycles. The number of fused-ring (bicyclic) bond motifs is 6. The summed E-state index contributed by atoms with van der Waals surface area (Å²) < 4.78 is 23.7. The highest BCUT2D eigenvalue weighted by molar-refractivity contribution is 5.72. The van der Waals surface area contributed by atoms with Crippen molar-refractivity contribution in [2.24, 2.45) is 28.6 Å². The number of hydrogen-bond donors (Lipinski definition) is 0. The molecule has 5 rings (SSSR count). The average molecular weight is 503 g/mol. The third kappa shape index (κ3) is 3.77. The van der Waals surface area contributed by atoms with Crippen molar-refractivity contribution in [3.63, 3.8) is 0 Å². The third-order valence-electron chi connectivity index (χ3n) is 10.3. The van der Waals surface area contributed by atoms with Gasteiger partial charge in [0.25, 0.3) is 0 Å². The fourth-order valence-corrected chi connectivity index (χ4v) is 8.92. The van der Waals surface area contributed by atoms with Crippen molar-refractivity contribution < 1.29 is 38.1 Å². The van der Waals surface area contributed by atoms with E-state index in [0.717, 1.165) is 31.3 Å². The lowest BCUT2D eigenvalue weighted by Crippen LogP contribution is -2.63. The fraction of sp³-hybridized carbons (Fsp3) is 0.786. The zero-order valence-electron chi connectivity index (χ0n) is 22.0. The maximum absolute atomic E-state index is 12.4. The second-order valence-electron chi connectivity index (χ2n) is 12.1. The number of esters is 4. The van der Waals surface area contributed by atoms with Gasteiger partial charge in [-0.1, -0.05) is 19.4 Å². The lowest BCUT2D eigenvalue weighted by atomic mass is 9.45. The van der Waals surface area contributed by atoms with E-state index in [-0.39, 0.29) is 53.1 Å². The third-order valence-corrected chi connectivity index (χ3v) is 10.3. The standard InChI is InChI=1S/C28H38O8/c1-15(29)33-19-6-9-26(4)18(12-19)13-21(34-16(2)30)24-20-7-10-28(11-8-23(32)36-28)27(20,5)14-22(25(24)26)35-17(3)31/h13,19-22,24-25H,6-12,14H2,1-5H3/t19-,20-,21-,22+,24+,25?,26-,27-,28+/m0/s1. The molecule has 0 aromatic rings. The Balaban J connectivity index is 1.61. The summed E-state index contributed by atoms with van der Waals surface area (Å²) in [4.78, 5) is 48.6. The highest BCUT2D eigenvalue weighted by Crippen LogP contribution is 2.70. The van der Waals surface area contributed by atoms with Gasteiger partial charge in [-0.15, -0.1) is 0 Å². The molecule has 1 unspecified atom stereocenters. The Morgan fingerprint density at radius 2 is 1.64 bits per heavy atom. The molecule has 0 amide bonds. The normalized spacial score (nSPS) is 45.0. The zero-order valence-corrected chi connectivity index (χ0v) is 22.0. The van der Waals surface area contributed by atoms with Gasteiger partial charge in [-0.2, -0.15) is 0 Å². The van der Waals surface area contributed by atoms with Crippen LogP contribution in [0.25, 0.3) is 0 Å². The molecule has 5 aliphatic rings. The molecule has 0 aromatic heterocycles. The molecule has 4 fully saturated rings. The first kappa shape index (κ1) is 25.3. The molecular weight excluding hydrogens is 464 g/mol. The Kier molecular flexibility index (Phi) is 6.03. The number of carbonyl (C=O) groups excluding carboxylic acids is 4. The SMILES string of the molecule is CC(=O)O[C@H]1CC[C@@]2(C)C(=C[C@H](OC(C)=O)[C@@H]3C2[C@H](OC(C)=O)C[C@@]2(C)[C@H]3CC[C@@]23CCC(=O)O3)C1.